The zero-order valence-corrected chi connectivity index (χ0v) is 29.1. The van der Waals surface area contributed by atoms with Crippen molar-refractivity contribution in [3.63, 3.8) is 0 Å². The molecule has 0 bridgehead atoms. The van der Waals surface area contributed by atoms with Gasteiger partial charge in [-0.15, -0.1) is 0 Å². The molecule has 3 N–H and O–H groups in total. The summed E-state index contributed by atoms with van der Waals surface area (Å²) in [6.45, 7) is 6.33. The van der Waals surface area contributed by atoms with Gasteiger partial charge in [0.25, 0.3) is 5.91 Å². The molecule has 4 aliphatic heterocycles. The van der Waals surface area contributed by atoms with Crippen LogP contribution >= 0.6 is 31.9 Å². The summed E-state index contributed by atoms with van der Waals surface area (Å²) >= 11 is 6.76. The van der Waals surface area contributed by atoms with Gasteiger partial charge in [0.05, 0.1) is 8.95 Å². The summed E-state index contributed by atoms with van der Waals surface area (Å²) in [5.41, 5.74) is 2.73. The highest BCUT2D eigenvalue weighted by molar-refractivity contribution is 9.11. The third kappa shape index (κ3) is 7.64. The van der Waals surface area contributed by atoms with Gasteiger partial charge in [0.2, 0.25) is 0 Å². The van der Waals surface area contributed by atoms with Crippen molar-refractivity contribution in [2.45, 2.75) is 56.7 Å². The quantitative estimate of drug-likeness (QED) is 0.400. The Morgan fingerprint density at radius 2 is 1.57 bits per heavy atom. The number of carbonyl (C=O) groups excluding carboxylic acids is 3. The number of anilines is 1. The monoisotopic (exact) mass is 760 g/mol. The molecular formula is C33H42Br2N6O5. The fraction of sp³-hybridized carbons (Fsp3) is 0.545. The molecule has 0 unspecified atom stereocenters. The summed E-state index contributed by atoms with van der Waals surface area (Å²) in [5, 5.41) is 16.7. The number of urea groups is 1. The Hall–Kier alpha value is -2.87. The standard InChI is InChI=1S/C33H42Br2N6O5/c34-26-19-22(20-27(35)30(26)42)21-29(31(43)39-17-15-38(16-18-39)24-5-10-36-11-6-24)46-33(45)40-12-8-25(9-13-40)41-14-7-23-3-1-2-4-28(23)37-32(41)44/h1-4,19-20,24-25,29,36,42H,5-18,21H2,(H,37,44)/t29-/m0/s1. The third-order valence-electron chi connectivity index (χ3n) is 9.77. The van der Waals surface area contributed by atoms with Crippen LogP contribution in [0.2, 0.25) is 0 Å². The summed E-state index contributed by atoms with van der Waals surface area (Å²) in [5.74, 6) is -0.128. The first-order valence-electron chi connectivity index (χ1n) is 16.3. The van der Waals surface area contributed by atoms with Gasteiger partial charge in [-0.05, 0) is 106 Å². The molecule has 4 heterocycles. The number of aromatic hydroxyl groups is 1. The topological polar surface area (TPSA) is 118 Å². The fourth-order valence-electron chi connectivity index (χ4n) is 7.11. The number of likely N-dealkylation sites (tertiary alicyclic amines) is 1. The van der Waals surface area contributed by atoms with Crippen LogP contribution in [-0.4, -0.2) is 120 Å². The summed E-state index contributed by atoms with van der Waals surface area (Å²) in [6, 6.07) is 11.8. The van der Waals surface area contributed by atoms with Gasteiger partial charge in [-0.1, -0.05) is 18.2 Å². The van der Waals surface area contributed by atoms with E-state index < -0.39 is 12.2 Å². The number of carbonyl (C=O) groups is 3. The van der Waals surface area contributed by atoms with Crippen LogP contribution in [0.25, 0.3) is 0 Å². The molecule has 0 spiro atoms. The van der Waals surface area contributed by atoms with E-state index in [0.29, 0.717) is 60.6 Å². The normalized spacial score (nSPS) is 20.9. The Labute approximate surface area is 286 Å². The van der Waals surface area contributed by atoms with Crippen molar-refractivity contribution >= 4 is 55.6 Å². The second kappa shape index (κ2) is 14.9. The Morgan fingerprint density at radius 1 is 0.891 bits per heavy atom. The number of piperazine rings is 1. The lowest BCUT2D eigenvalue weighted by molar-refractivity contribution is -0.143. The van der Waals surface area contributed by atoms with Crippen molar-refractivity contribution < 1.29 is 24.2 Å². The molecule has 2 aromatic carbocycles. The number of phenols is 1. The van der Waals surface area contributed by atoms with E-state index in [-0.39, 0.29) is 30.2 Å². The predicted molar refractivity (Wildman–Crippen MR) is 182 cm³/mol. The lowest BCUT2D eigenvalue weighted by Crippen LogP contribution is -2.56. The average Bonchev–Trinajstić information content (AvgIpc) is 3.25. The minimum atomic E-state index is -1.01. The van der Waals surface area contributed by atoms with Crippen molar-refractivity contribution in [2.75, 3.05) is 64.2 Å². The lowest BCUT2D eigenvalue weighted by Gasteiger charge is -2.41. The first kappa shape index (κ1) is 33.0. The number of para-hydroxylation sites is 1. The zero-order valence-electron chi connectivity index (χ0n) is 25.9. The Morgan fingerprint density at radius 3 is 2.26 bits per heavy atom. The number of piperidine rings is 2. The van der Waals surface area contributed by atoms with Crippen LogP contribution in [0.1, 0.15) is 36.8 Å². The molecule has 0 aromatic heterocycles. The maximum atomic E-state index is 13.9. The summed E-state index contributed by atoms with van der Waals surface area (Å²) in [4.78, 5) is 48.4. The van der Waals surface area contributed by atoms with Crippen molar-refractivity contribution in [1.29, 1.82) is 0 Å². The van der Waals surface area contributed by atoms with Crippen LogP contribution in [-0.2, 0) is 22.4 Å². The predicted octanol–water partition coefficient (Wildman–Crippen LogP) is 4.42. The molecule has 3 fully saturated rings. The fourth-order valence-corrected chi connectivity index (χ4v) is 8.39. The van der Waals surface area contributed by atoms with Gasteiger partial charge in [-0.25, -0.2) is 9.59 Å². The molecule has 11 nitrogen and oxygen atoms in total. The van der Waals surface area contributed by atoms with E-state index in [2.05, 4.69) is 47.4 Å². The van der Waals surface area contributed by atoms with Gasteiger partial charge in [0.1, 0.15) is 5.75 Å². The van der Waals surface area contributed by atoms with Crippen molar-refractivity contribution in [2.24, 2.45) is 0 Å². The molecule has 4 aliphatic rings. The molecule has 3 saturated heterocycles. The zero-order chi connectivity index (χ0) is 32.2. The third-order valence-corrected chi connectivity index (χ3v) is 11.0. The van der Waals surface area contributed by atoms with E-state index in [4.69, 9.17) is 4.74 Å². The molecule has 6 rings (SSSR count). The van der Waals surface area contributed by atoms with Gasteiger partial charge in [0, 0.05) is 70.0 Å². The first-order valence-corrected chi connectivity index (χ1v) is 17.9. The number of hydrogen-bond donors (Lipinski definition) is 3. The Bertz CT molecular complexity index is 1400. The van der Waals surface area contributed by atoms with E-state index in [1.165, 1.54) is 0 Å². The molecule has 13 heteroatoms. The first-order chi connectivity index (χ1) is 22.3. The Kier molecular flexibility index (Phi) is 10.7. The molecule has 0 saturated carbocycles. The number of phenolic OH excluding ortho intramolecular Hbond substituents is 1. The summed E-state index contributed by atoms with van der Waals surface area (Å²) in [7, 11) is 0. The second-order valence-electron chi connectivity index (χ2n) is 12.6. The highest BCUT2D eigenvalue weighted by Crippen LogP contribution is 2.34. The van der Waals surface area contributed by atoms with E-state index in [0.717, 1.165) is 62.3 Å². The number of amides is 4. The lowest BCUT2D eigenvalue weighted by atomic mass is 10.0. The smallest absolute Gasteiger partial charge is 0.410 e. The van der Waals surface area contributed by atoms with Crippen LogP contribution in [0.15, 0.2) is 45.3 Å². The van der Waals surface area contributed by atoms with Gasteiger partial charge in [0.15, 0.2) is 6.10 Å². The highest BCUT2D eigenvalue weighted by atomic mass is 79.9. The second-order valence-corrected chi connectivity index (χ2v) is 14.3. The van der Waals surface area contributed by atoms with E-state index in [9.17, 15) is 19.5 Å². The van der Waals surface area contributed by atoms with Crippen molar-refractivity contribution in [3.05, 3.63) is 56.5 Å². The molecule has 46 heavy (non-hydrogen) atoms. The highest BCUT2D eigenvalue weighted by Gasteiger charge is 2.36. The number of nitrogens with zero attached hydrogens (tertiary/aromatic N) is 4. The van der Waals surface area contributed by atoms with Crippen LogP contribution < -0.4 is 10.6 Å². The summed E-state index contributed by atoms with van der Waals surface area (Å²) < 4.78 is 7.00. The molecule has 1 atom stereocenters. The Balaban J connectivity index is 1.09. The van der Waals surface area contributed by atoms with E-state index >= 15 is 0 Å². The maximum absolute atomic E-state index is 13.9. The molecule has 4 amide bonds. The van der Waals surface area contributed by atoms with E-state index in [1.54, 1.807) is 17.0 Å². The van der Waals surface area contributed by atoms with Crippen LogP contribution in [0.5, 0.6) is 5.75 Å². The number of rotatable bonds is 6. The number of fused-ring (bicyclic) bond motifs is 1. The molecule has 248 valence electrons. The molecule has 0 radical (unpaired) electrons. The van der Waals surface area contributed by atoms with Crippen molar-refractivity contribution in [3.8, 4) is 5.75 Å². The number of nitrogens with one attached hydrogen (secondary N) is 2. The SMILES string of the molecule is O=C(O[C@@H](Cc1cc(Br)c(O)c(Br)c1)C(=O)N1CCN(C2CCNCC2)CC1)N1CCC(N2CCc3ccccc3NC2=O)CC1. The largest absolute Gasteiger partial charge is 0.506 e. The van der Waals surface area contributed by atoms with Crippen molar-refractivity contribution in [1.82, 2.24) is 24.9 Å². The average molecular weight is 763 g/mol. The van der Waals surface area contributed by atoms with Gasteiger partial charge >= 0.3 is 12.1 Å². The van der Waals surface area contributed by atoms with Gasteiger partial charge in [-0.2, -0.15) is 0 Å². The van der Waals surface area contributed by atoms with Gasteiger partial charge in [-0.3, -0.25) is 9.69 Å². The number of benzene rings is 2. The van der Waals surface area contributed by atoms with Gasteiger partial charge < -0.3 is 35.2 Å². The number of ether oxygens (including phenoxy) is 1. The van der Waals surface area contributed by atoms with Crippen LogP contribution in [0.4, 0.5) is 15.3 Å². The molecule has 0 aliphatic carbocycles. The number of hydrogen-bond acceptors (Lipinski definition) is 7. The molecular weight excluding hydrogens is 720 g/mol. The maximum Gasteiger partial charge on any atom is 0.410 e. The van der Waals surface area contributed by atoms with Crippen LogP contribution in [0, 0.1) is 0 Å². The number of halogens is 2. The van der Waals surface area contributed by atoms with E-state index in [1.807, 2.05) is 34.1 Å². The molecule has 2 aromatic rings. The summed E-state index contributed by atoms with van der Waals surface area (Å²) in [6.07, 6.45) is 2.93. The minimum Gasteiger partial charge on any atom is -0.506 e. The van der Waals surface area contributed by atoms with Crippen LogP contribution in [0.3, 0.4) is 0 Å². The minimum absolute atomic E-state index is 0.0127.